The molecule has 19 heavy (non-hydrogen) atoms. The first-order valence-corrected chi connectivity index (χ1v) is 6.16. The van der Waals surface area contributed by atoms with Crippen molar-refractivity contribution >= 4 is 11.7 Å². The third-order valence-electron chi connectivity index (χ3n) is 3.01. The summed E-state index contributed by atoms with van der Waals surface area (Å²) in [5, 5.41) is 0. The third-order valence-corrected chi connectivity index (χ3v) is 3.01. The zero-order valence-electron chi connectivity index (χ0n) is 11.4. The summed E-state index contributed by atoms with van der Waals surface area (Å²) in [5.74, 6) is -1.02. The summed E-state index contributed by atoms with van der Waals surface area (Å²) >= 11 is 0. The van der Waals surface area contributed by atoms with Crippen LogP contribution >= 0.6 is 0 Å². The number of carbonyl (C=O) groups excluding carboxylic acids is 2. The van der Waals surface area contributed by atoms with Crippen LogP contribution in [-0.2, 0) is 4.79 Å². The van der Waals surface area contributed by atoms with Gasteiger partial charge in [0.15, 0.2) is 5.78 Å². The van der Waals surface area contributed by atoms with E-state index in [2.05, 4.69) is 0 Å². The van der Waals surface area contributed by atoms with E-state index in [1.165, 1.54) is 24.3 Å². The van der Waals surface area contributed by atoms with Gasteiger partial charge in [0, 0.05) is 11.6 Å². The number of ketones is 1. The van der Waals surface area contributed by atoms with E-state index in [-0.39, 0.29) is 24.2 Å². The molecule has 0 spiro atoms. The molecule has 1 rings (SSSR count). The van der Waals surface area contributed by atoms with Gasteiger partial charge in [0.2, 0.25) is 5.91 Å². The van der Waals surface area contributed by atoms with Crippen LogP contribution in [0.25, 0.3) is 0 Å². The van der Waals surface area contributed by atoms with Crippen LogP contribution in [-0.4, -0.2) is 35.2 Å². The van der Waals surface area contributed by atoms with Gasteiger partial charge in [-0.15, -0.1) is 0 Å². The van der Waals surface area contributed by atoms with Gasteiger partial charge in [-0.25, -0.2) is 4.39 Å². The fraction of sp³-hybridized carbons (Fsp3) is 0.429. The molecule has 0 saturated heterocycles. The van der Waals surface area contributed by atoms with Gasteiger partial charge >= 0.3 is 0 Å². The number of benzene rings is 1. The minimum atomic E-state index is -0.488. The largest absolute Gasteiger partial charge is 0.369 e. The van der Waals surface area contributed by atoms with E-state index in [4.69, 9.17) is 5.73 Å². The van der Waals surface area contributed by atoms with Gasteiger partial charge in [-0.1, -0.05) is 0 Å². The first kappa shape index (κ1) is 15.3. The Kier molecular flexibility index (Phi) is 5.18. The SMILES string of the molecule is CC(C)N(CC(N)=O)C(C)C(=O)c1ccc(F)cc1. The highest BCUT2D eigenvalue weighted by atomic mass is 19.1. The molecule has 1 aromatic carbocycles. The molecule has 0 heterocycles. The third kappa shape index (κ3) is 4.13. The average Bonchev–Trinajstić information content (AvgIpc) is 2.34. The molecule has 1 amide bonds. The number of hydrogen-bond donors (Lipinski definition) is 1. The summed E-state index contributed by atoms with van der Waals surface area (Å²) in [5.41, 5.74) is 5.61. The lowest BCUT2D eigenvalue weighted by molar-refractivity contribution is -0.119. The van der Waals surface area contributed by atoms with Crippen LogP contribution in [0.4, 0.5) is 4.39 Å². The molecule has 0 aliphatic rings. The Labute approximate surface area is 112 Å². The van der Waals surface area contributed by atoms with Gasteiger partial charge in [0.1, 0.15) is 5.82 Å². The van der Waals surface area contributed by atoms with Crippen LogP contribution < -0.4 is 5.73 Å². The first-order chi connectivity index (χ1) is 8.82. The molecule has 0 aliphatic carbocycles. The summed E-state index contributed by atoms with van der Waals surface area (Å²) in [6, 6.07) is 4.89. The summed E-state index contributed by atoms with van der Waals surface area (Å²) in [6.45, 7) is 5.51. The maximum Gasteiger partial charge on any atom is 0.231 e. The summed E-state index contributed by atoms with van der Waals surface area (Å²) < 4.78 is 12.8. The average molecular weight is 266 g/mol. The van der Waals surface area contributed by atoms with E-state index in [9.17, 15) is 14.0 Å². The second kappa shape index (κ2) is 6.43. The van der Waals surface area contributed by atoms with Crippen molar-refractivity contribution in [2.24, 2.45) is 5.73 Å². The standard InChI is InChI=1S/C14H19FN2O2/c1-9(2)17(8-13(16)18)10(3)14(19)11-4-6-12(15)7-5-11/h4-7,9-10H,8H2,1-3H3,(H2,16,18). The second-order valence-corrected chi connectivity index (χ2v) is 4.78. The van der Waals surface area contributed by atoms with Crippen molar-refractivity contribution in [3.8, 4) is 0 Å². The van der Waals surface area contributed by atoms with Crippen molar-refractivity contribution in [1.82, 2.24) is 4.90 Å². The van der Waals surface area contributed by atoms with Crippen molar-refractivity contribution in [3.63, 3.8) is 0 Å². The molecule has 0 fully saturated rings. The highest BCUT2D eigenvalue weighted by molar-refractivity contribution is 6.00. The molecule has 104 valence electrons. The summed E-state index contributed by atoms with van der Waals surface area (Å²) in [4.78, 5) is 25.0. The molecule has 2 N–H and O–H groups in total. The zero-order valence-corrected chi connectivity index (χ0v) is 11.4. The van der Waals surface area contributed by atoms with Crippen molar-refractivity contribution in [2.45, 2.75) is 32.9 Å². The summed E-state index contributed by atoms with van der Waals surface area (Å²) in [6.07, 6.45) is 0. The molecule has 1 unspecified atom stereocenters. The Bertz CT molecular complexity index is 457. The van der Waals surface area contributed by atoms with E-state index < -0.39 is 11.9 Å². The van der Waals surface area contributed by atoms with E-state index >= 15 is 0 Å². The fourth-order valence-electron chi connectivity index (χ4n) is 1.95. The highest BCUT2D eigenvalue weighted by Crippen LogP contribution is 2.12. The Morgan fingerprint density at radius 3 is 2.16 bits per heavy atom. The van der Waals surface area contributed by atoms with Crippen molar-refractivity contribution in [3.05, 3.63) is 35.6 Å². The molecule has 0 aliphatic heterocycles. The minimum absolute atomic E-state index is 0.00639. The Morgan fingerprint density at radius 2 is 1.74 bits per heavy atom. The predicted molar refractivity (Wildman–Crippen MR) is 71.2 cm³/mol. The Morgan fingerprint density at radius 1 is 1.21 bits per heavy atom. The number of amides is 1. The number of carbonyl (C=O) groups is 2. The molecule has 0 radical (unpaired) electrons. The zero-order chi connectivity index (χ0) is 14.6. The van der Waals surface area contributed by atoms with Gasteiger partial charge in [-0.3, -0.25) is 14.5 Å². The van der Waals surface area contributed by atoms with E-state index in [0.717, 1.165) is 0 Å². The lowest BCUT2D eigenvalue weighted by Crippen LogP contribution is -2.47. The van der Waals surface area contributed by atoms with E-state index in [1.54, 1.807) is 11.8 Å². The Hall–Kier alpha value is -1.75. The van der Waals surface area contributed by atoms with Gasteiger partial charge in [0.25, 0.3) is 0 Å². The lowest BCUT2D eigenvalue weighted by Gasteiger charge is -2.30. The molecular formula is C14H19FN2O2. The number of rotatable bonds is 6. The quantitative estimate of drug-likeness (QED) is 0.795. The summed E-state index contributed by atoms with van der Waals surface area (Å²) in [7, 11) is 0. The highest BCUT2D eigenvalue weighted by Gasteiger charge is 2.25. The monoisotopic (exact) mass is 266 g/mol. The topological polar surface area (TPSA) is 63.4 Å². The maximum absolute atomic E-state index is 12.8. The van der Waals surface area contributed by atoms with Crippen LogP contribution in [0.1, 0.15) is 31.1 Å². The number of nitrogens with two attached hydrogens (primary N) is 1. The van der Waals surface area contributed by atoms with Crippen LogP contribution in [0.5, 0.6) is 0 Å². The predicted octanol–water partition coefficient (Wildman–Crippen LogP) is 1.59. The van der Waals surface area contributed by atoms with E-state index in [0.29, 0.717) is 5.56 Å². The fourth-order valence-corrected chi connectivity index (χ4v) is 1.95. The molecule has 0 aromatic heterocycles. The van der Waals surface area contributed by atoms with Gasteiger partial charge < -0.3 is 5.73 Å². The molecular weight excluding hydrogens is 247 g/mol. The molecule has 1 atom stereocenters. The first-order valence-electron chi connectivity index (χ1n) is 6.16. The van der Waals surface area contributed by atoms with E-state index in [1.807, 2.05) is 13.8 Å². The number of nitrogens with zero attached hydrogens (tertiary/aromatic N) is 1. The van der Waals surface area contributed by atoms with Crippen molar-refractivity contribution < 1.29 is 14.0 Å². The number of Topliss-reactive ketones (excluding diaryl/α,β-unsaturated/α-hetero) is 1. The minimum Gasteiger partial charge on any atom is -0.369 e. The molecule has 4 nitrogen and oxygen atoms in total. The number of hydrogen-bond acceptors (Lipinski definition) is 3. The van der Waals surface area contributed by atoms with Gasteiger partial charge in [-0.2, -0.15) is 0 Å². The normalized spacial score (nSPS) is 12.7. The maximum atomic E-state index is 12.8. The van der Waals surface area contributed by atoms with Crippen LogP contribution in [0.2, 0.25) is 0 Å². The van der Waals surface area contributed by atoms with Crippen LogP contribution in [0.3, 0.4) is 0 Å². The molecule has 5 heteroatoms. The molecule has 0 saturated carbocycles. The van der Waals surface area contributed by atoms with Gasteiger partial charge in [0.05, 0.1) is 12.6 Å². The number of halogens is 1. The van der Waals surface area contributed by atoms with Crippen LogP contribution in [0.15, 0.2) is 24.3 Å². The smallest absolute Gasteiger partial charge is 0.231 e. The molecule has 0 bridgehead atoms. The lowest BCUT2D eigenvalue weighted by atomic mass is 10.0. The van der Waals surface area contributed by atoms with Gasteiger partial charge in [-0.05, 0) is 45.0 Å². The molecule has 1 aromatic rings. The number of primary amides is 1. The second-order valence-electron chi connectivity index (χ2n) is 4.78. The van der Waals surface area contributed by atoms with Crippen molar-refractivity contribution in [1.29, 1.82) is 0 Å². The van der Waals surface area contributed by atoms with Crippen molar-refractivity contribution in [2.75, 3.05) is 6.54 Å². The van der Waals surface area contributed by atoms with Crippen LogP contribution in [0, 0.1) is 5.82 Å². The Balaban J connectivity index is 2.89.